The number of amides is 1. The number of anilines is 2. The fourth-order valence-corrected chi connectivity index (χ4v) is 2.67. The Morgan fingerprint density at radius 3 is 2.40 bits per heavy atom. The molecule has 0 bridgehead atoms. The lowest BCUT2D eigenvalue weighted by Gasteiger charge is -2.30. The quantitative estimate of drug-likeness (QED) is 0.817. The van der Waals surface area contributed by atoms with E-state index in [0.29, 0.717) is 16.8 Å². The molecule has 0 saturated carbocycles. The van der Waals surface area contributed by atoms with Crippen LogP contribution in [0.5, 0.6) is 0 Å². The first-order chi connectivity index (χ1) is 11.7. The summed E-state index contributed by atoms with van der Waals surface area (Å²) in [5, 5.41) is 6.05. The van der Waals surface area contributed by atoms with Gasteiger partial charge in [-0.25, -0.2) is 9.59 Å². The molecular formula is C18H27N3O4. The van der Waals surface area contributed by atoms with Crippen molar-refractivity contribution in [3.05, 3.63) is 23.3 Å². The number of benzene rings is 1. The van der Waals surface area contributed by atoms with E-state index in [1.807, 2.05) is 12.1 Å². The van der Waals surface area contributed by atoms with Crippen molar-refractivity contribution in [3.63, 3.8) is 0 Å². The first-order valence-electron chi connectivity index (χ1n) is 8.40. The molecule has 0 aliphatic carbocycles. The van der Waals surface area contributed by atoms with Crippen molar-refractivity contribution in [2.45, 2.75) is 33.3 Å². The van der Waals surface area contributed by atoms with Crippen molar-refractivity contribution >= 4 is 23.4 Å². The molecule has 1 fully saturated rings. The van der Waals surface area contributed by atoms with Crippen molar-refractivity contribution in [1.29, 1.82) is 0 Å². The van der Waals surface area contributed by atoms with E-state index in [0.717, 1.165) is 31.9 Å². The van der Waals surface area contributed by atoms with Crippen LogP contribution in [0.4, 0.5) is 16.2 Å². The Morgan fingerprint density at radius 1 is 1.20 bits per heavy atom. The summed E-state index contributed by atoms with van der Waals surface area (Å²) in [6.45, 7) is 10.6. The number of nitrogens with zero attached hydrogens (tertiary/aromatic N) is 1. The first-order valence-corrected chi connectivity index (χ1v) is 8.40. The first kappa shape index (κ1) is 19.1. The number of piperazine rings is 1. The second-order valence-electron chi connectivity index (χ2n) is 7.02. The summed E-state index contributed by atoms with van der Waals surface area (Å²) in [5.74, 6) is -0.429. The van der Waals surface area contributed by atoms with Gasteiger partial charge >= 0.3 is 12.1 Å². The molecule has 1 aliphatic rings. The fraction of sp³-hybridized carbons (Fsp3) is 0.556. The molecule has 1 aromatic rings. The third-order valence-corrected chi connectivity index (χ3v) is 3.92. The molecule has 1 heterocycles. The Labute approximate surface area is 148 Å². The van der Waals surface area contributed by atoms with Gasteiger partial charge in [0, 0.05) is 37.6 Å². The van der Waals surface area contributed by atoms with Gasteiger partial charge in [0.05, 0.1) is 12.7 Å². The van der Waals surface area contributed by atoms with E-state index in [9.17, 15) is 9.59 Å². The number of carbonyl (C=O) groups is 2. The zero-order valence-corrected chi connectivity index (χ0v) is 15.6. The van der Waals surface area contributed by atoms with Crippen LogP contribution in [-0.2, 0) is 9.47 Å². The Morgan fingerprint density at radius 2 is 1.84 bits per heavy atom. The Balaban J connectivity index is 2.35. The molecular weight excluding hydrogens is 322 g/mol. The lowest BCUT2D eigenvalue weighted by atomic mass is 10.0. The van der Waals surface area contributed by atoms with Crippen molar-refractivity contribution in [2.24, 2.45) is 0 Å². The Kier molecular flexibility index (Phi) is 5.89. The van der Waals surface area contributed by atoms with Gasteiger partial charge in [-0.3, -0.25) is 5.32 Å². The number of rotatable bonds is 3. The average molecular weight is 349 g/mol. The molecule has 1 amide bonds. The molecule has 0 spiro atoms. The maximum absolute atomic E-state index is 12.1. The minimum atomic E-state index is -0.598. The van der Waals surface area contributed by atoms with Crippen LogP contribution in [0.15, 0.2) is 12.1 Å². The van der Waals surface area contributed by atoms with Gasteiger partial charge in [-0.1, -0.05) is 0 Å². The van der Waals surface area contributed by atoms with E-state index in [1.54, 1.807) is 27.7 Å². The number of methoxy groups -OCH3 is 1. The summed E-state index contributed by atoms with van der Waals surface area (Å²) in [4.78, 5) is 26.5. The summed E-state index contributed by atoms with van der Waals surface area (Å²) < 4.78 is 10.2. The molecule has 138 valence electrons. The van der Waals surface area contributed by atoms with Gasteiger partial charge in [-0.05, 0) is 45.4 Å². The number of ether oxygens (including phenoxy) is 2. The molecule has 0 unspecified atom stereocenters. The third kappa shape index (κ3) is 5.09. The topological polar surface area (TPSA) is 79.9 Å². The maximum atomic E-state index is 12.1. The number of hydrogen-bond donors (Lipinski definition) is 2. The highest BCUT2D eigenvalue weighted by Crippen LogP contribution is 2.28. The highest BCUT2D eigenvalue weighted by Gasteiger charge is 2.21. The summed E-state index contributed by atoms with van der Waals surface area (Å²) in [6.07, 6.45) is -0.552. The van der Waals surface area contributed by atoms with E-state index in [-0.39, 0.29) is 0 Å². The largest absolute Gasteiger partial charge is 0.465 e. The highest BCUT2D eigenvalue weighted by atomic mass is 16.6. The predicted octanol–water partition coefficient (Wildman–Crippen LogP) is 2.54. The van der Waals surface area contributed by atoms with E-state index >= 15 is 0 Å². The smallest absolute Gasteiger partial charge is 0.412 e. The zero-order chi connectivity index (χ0) is 18.6. The fourth-order valence-electron chi connectivity index (χ4n) is 2.67. The van der Waals surface area contributed by atoms with Crippen LogP contribution in [0.2, 0.25) is 0 Å². The van der Waals surface area contributed by atoms with Crippen molar-refractivity contribution in [3.8, 4) is 0 Å². The third-order valence-electron chi connectivity index (χ3n) is 3.92. The minimum absolute atomic E-state index is 0.429. The summed E-state index contributed by atoms with van der Waals surface area (Å²) >= 11 is 0. The molecule has 7 heteroatoms. The van der Waals surface area contributed by atoms with E-state index in [2.05, 4.69) is 15.5 Å². The standard InChI is InChI=1S/C18H27N3O4/c1-12-14(16(22)24-5)10-13(21-8-6-19-7-9-21)11-15(12)20-17(23)25-18(2,3)4/h10-11,19H,6-9H2,1-5H3,(H,20,23). The number of nitrogens with one attached hydrogen (secondary N) is 2. The van der Waals surface area contributed by atoms with Crippen LogP contribution in [0.25, 0.3) is 0 Å². The van der Waals surface area contributed by atoms with Gasteiger partial charge in [0.2, 0.25) is 0 Å². The molecule has 1 aliphatic heterocycles. The maximum Gasteiger partial charge on any atom is 0.412 e. The van der Waals surface area contributed by atoms with Crippen molar-refractivity contribution in [1.82, 2.24) is 5.32 Å². The molecule has 25 heavy (non-hydrogen) atoms. The molecule has 7 nitrogen and oxygen atoms in total. The van der Waals surface area contributed by atoms with E-state index < -0.39 is 17.7 Å². The second kappa shape index (κ2) is 7.74. The molecule has 0 radical (unpaired) electrons. The summed E-state index contributed by atoms with van der Waals surface area (Å²) in [7, 11) is 1.35. The van der Waals surface area contributed by atoms with Crippen LogP contribution >= 0.6 is 0 Å². The van der Waals surface area contributed by atoms with Crippen LogP contribution in [0, 0.1) is 6.92 Å². The van der Waals surface area contributed by atoms with E-state index in [1.165, 1.54) is 7.11 Å². The van der Waals surface area contributed by atoms with Gasteiger partial charge in [0.25, 0.3) is 0 Å². The second-order valence-corrected chi connectivity index (χ2v) is 7.02. The van der Waals surface area contributed by atoms with Crippen LogP contribution in [0.1, 0.15) is 36.7 Å². The molecule has 0 aromatic heterocycles. The predicted molar refractivity (Wildman–Crippen MR) is 97.5 cm³/mol. The number of carbonyl (C=O) groups excluding carboxylic acids is 2. The van der Waals surface area contributed by atoms with Gasteiger partial charge in [-0.15, -0.1) is 0 Å². The summed E-state index contributed by atoms with van der Waals surface area (Å²) in [6, 6.07) is 3.68. The lowest BCUT2D eigenvalue weighted by Crippen LogP contribution is -2.43. The normalized spacial score (nSPS) is 14.8. The molecule has 2 rings (SSSR count). The number of esters is 1. The van der Waals surface area contributed by atoms with E-state index in [4.69, 9.17) is 9.47 Å². The van der Waals surface area contributed by atoms with Crippen molar-refractivity contribution in [2.75, 3.05) is 43.5 Å². The lowest BCUT2D eigenvalue weighted by molar-refractivity contribution is 0.0595. The minimum Gasteiger partial charge on any atom is -0.465 e. The molecule has 2 N–H and O–H groups in total. The summed E-state index contributed by atoms with van der Waals surface area (Å²) in [5.41, 5.74) is 1.91. The zero-order valence-electron chi connectivity index (χ0n) is 15.6. The molecule has 1 aromatic carbocycles. The SMILES string of the molecule is COC(=O)c1cc(N2CCNCC2)cc(NC(=O)OC(C)(C)C)c1C. The molecule has 0 atom stereocenters. The van der Waals surface area contributed by atoms with Gasteiger partial charge in [0.1, 0.15) is 5.60 Å². The van der Waals surface area contributed by atoms with Gasteiger partial charge in [-0.2, -0.15) is 0 Å². The average Bonchev–Trinajstić information content (AvgIpc) is 2.55. The highest BCUT2D eigenvalue weighted by molar-refractivity contribution is 5.97. The van der Waals surface area contributed by atoms with Gasteiger partial charge in [0.15, 0.2) is 0 Å². The van der Waals surface area contributed by atoms with Crippen molar-refractivity contribution < 1.29 is 19.1 Å². The number of hydrogen-bond acceptors (Lipinski definition) is 6. The Bertz CT molecular complexity index is 646. The van der Waals surface area contributed by atoms with Crippen LogP contribution in [0.3, 0.4) is 0 Å². The molecule has 1 saturated heterocycles. The van der Waals surface area contributed by atoms with Crippen LogP contribution in [-0.4, -0.2) is 51.0 Å². The van der Waals surface area contributed by atoms with Crippen LogP contribution < -0.4 is 15.5 Å². The van der Waals surface area contributed by atoms with Gasteiger partial charge < -0.3 is 19.7 Å². The Hall–Kier alpha value is -2.28. The monoisotopic (exact) mass is 349 g/mol.